The number of nitrogens with one attached hydrogen (secondary N) is 2. The quantitative estimate of drug-likeness (QED) is 0.495. The summed E-state index contributed by atoms with van der Waals surface area (Å²) in [7, 11) is 0. The first kappa shape index (κ1) is 17.7. The molecule has 100 valence electrons. The smallest absolute Gasteiger partial charge is 0.193 e. The molecule has 2 aromatic carbocycles. The van der Waals surface area contributed by atoms with Crippen LogP contribution in [0.3, 0.4) is 0 Å². The fourth-order valence-corrected chi connectivity index (χ4v) is 1.35. The highest BCUT2D eigenvalue weighted by atomic mass is 32.1. The largest absolute Gasteiger partial charge is 0.289 e. The van der Waals surface area contributed by atoms with Crippen LogP contribution < -0.4 is 0 Å². The minimum atomic E-state index is 0.0752. The van der Waals surface area contributed by atoms with Crippen molar-refractivity contribution in [2.75, 3.05) is 0 Å². The number of thiocarbonyl (C=S) groups is 2. The summed E-state index contributed by atoms with van der Waals surface area (Å²) in [5, 5.41) is 14.7. The maximum Gasteiger partial charge on any atom is 0.193 e. The lowest BCUT2D eigenvalue weighted by Crippen LogP contribution is -1.99. The second-order valence-corrected chi connectivity index (χ2v) is 3.67. The molecular formula is C15H12N2OS2. The first-order valence-corrected chi connectivity index (χ1v) is 6.25. The van der Waals surface area contributed by atoms with E-state index in [9.17, 15) is 4.79 Å². The topological polar surface area (TPSA) is 64.8 Å². The summed E-state index contributed by atoms with van der Waals surface area (Å²) < 4.78 is 0. The molecule has 5 heteroatoms. The minimum Gasteiger partial charge on any atom is -0.289 e. The second kappa shape index (κ2) is 11.8. The maximum atomic E-state index is 11.8. The van der Waals surface area contributed by atoms with Crippen LogP contribution in [0.25, 0.3) is 0 Å². The summed E-state index contributed by atoms with van der Waals surface area (Å²) in [6.45, 7) is 0. The van der Waals surface area contributed by atoms with Crippen molar-refractivity contribution in [2.45, 2.75) is 0 Å². The van der Waals surface area contributed by atoms with Gasteiger partial charge in [0.05, 0.1) is 10.3 Å². The average Bonchev–Trinajstić information content (AvgIpc) is 2.50. The molecule has 0 atom stereocenters. The average molecular weight is 300 g/mol. The monoisotopic (exact) mass is 300 g/mol. The molecule has 0 spiro atoms. The van der Waals surface area contributed by atoms with E-state index in [0.29, 0.717) is 0 Å². The minimum absolute atomic E-state index is 0.0752. The van der Waals surface area contributed by atoms with Crippen LogP contribution in [0.15, 0.2) is 60.7 Å². The van der Waals surface area contributed by atoms with Crippen molar-refractivity contribution >= 4 is 40.5 Å². The third-order valence-electron chi connectivity index (χ3n) is 2.07. The van der Waals surface area contributed by atoms with E-state index < -0.39 is 0 Å². The molecule has 0 aliphatic rings. The second-order valence-electron chi connectivity index (χ2n) is 3.27. The Morgan fingerprint density at radius 1 is 0.750 bits per heavy atom. The van der Waals surface area contributed by atoms with Crippen LogP contribution in [0.5, 0.6) is 0 Å². The van der Waals surface area contributed by atoms with Crippen molar-refractivity contribution in [3.8, 4) is 0 Å². The molecule has 0 aliphatic heterocycles. The molecule has 2 rings (SSSR count). The Morgan fingerprint density at radius 2 is 1.00 bits per heavy atom. The summed E-state index contributed by atoms with van der Waals surface area (Å²) in [6, 6.07) is 18.6. The van der Waals surface area contributed by atoms with E-state index >= 15 is 0 Å². The van der Waals surface area contributed by atoms with Gasteiger partial charge in [0.1, 0.15) is 0 Å². The Bertz CT molecular complexity index is 532. The zero-order chi connectivity index (χ0) is 15.2. The molecule has 2 aromatic rings. The van der Waals surface area contributed by atoms with Crippen LogP contribution >= 0.6 is 24.4 Å². The van der Waals surface area contributed by atoms with E-state index in [0.717, 1.165) is 11.1 Å². The van der Waals surface area contributed by atoms with Gasteiger partial charge in [-0.1, -0.05) is 60.7 Å². The first-order valence-electron chi connectivity index (χ1n) is 5.43. The zero-order valence-electron chi connectivity index (χ0n) is 10.5. The molecular weight excluding hydrogens is 288 g/mol. The normalized spacial score (nSPS) is 7.60. The van der Waals surface area contributed by atoms with Crippen LogP contribution in [0, 0.1) is 10.8 Å². The van der Waals surface area contributed by atoms with Gasteiger partial charge in [0.25, 0.3) is 0 Å². The third kappa shape index (κ3) is 7.21. The van der Waals surface area contributed by atoms with Crippen molar-refractivity contribution < 1.29 is 4.79 Å². The number of carbonyl (C=O) groups excluding carboxylic acids is 1. The number of benzene rings is 2. The lowest BCUT2D eigenvalue weighted by molar-refractivity contribution is 0.103. The molecule has 0 aliphatic carbocycles. The Labute approximate surface area is 128 Å². The number of carbonyl (C=O) groups is 1. The Balaban J connectivity index is 0.000000520. The zero-order valence-corrected chi connectivity index (χ0v) is 12.1. The highest BCUT2D eigenvalue weighted by molar-refractivity contribution is 7.78. The van der Waals surface area contributed by atoms with Crippen LogP contribution in [0.4, 0.5) is 0 Å². The summed E-state index contributed by atoms with van der Waals surface area (Å²) >= 11 is 7.62. The van der Waals surface area contributed by atoms with Gasteiger partial charge in [-0.15, -0.1) is 0 Å². The molecule has 0 saturated heterocycles. The molecule has 0 unspecified atom stereocenters. The fraction of sp³-hybridized carbons (Fsp3) is 0. The predicted octanol–water partition coefficient (Wildman–Crippen LogP) is 4.25. The molecule has 0 radical (unpaired) electrons. The van der Waals surface area contributed by atoms with Crippen LogP contribution in [0.2, 0.25) is 0 Å². The molecule has 0 fully saturated rings. The molecule has 20 heavy (non-hydrogen) atoms. The highest BCUT2D eigenvalue weighted by Crippen LogP contribution is 2.08. The van der Waals surface area contributed by atoms with Crippen LogP contribution in [-0.2, 0) is 0 Å². The number of ketones is 1. The van der Waals surface area contributed by atoms with E-state index in [1.807, 2.05) is 60.7 Å². The van der Waals surface area contributed by atoms with E-state index in [1.165, 1.54) is 0 Å². The van der Waals surface area contributed by atoms with Gasteiger partial charge < -0.3 is 0 Å². The maximum absolute atomic E-state index is 11.8. The van der Waals surface area contributed by atoms with Crippen molar-refractivity contribution in [3.05, 3.63) is 71.8 Å². The molecule has 0 heterocycles. The summed E-state index contributed by atoms with van der Waals surface area (Å²) in [5.41, 5.74) is 1.47. The molecule has 0 amide bonds. The number of hydrogen-bond donors (Lipinski definition) is 2. The van der Waals surface area contributed by atoms with Gasteiger partial charge in [-0.25, -0.2) is 10.8 Å². The molecule has 3 nitrogen and oxygen atoms in total. The standard InChI is InChI=1S/C13H10O.2CHNS/c14-13(11-7-3-1-4-8-11)12-9-5-2-6-10-12;2*2-1-3/h1-10H;2*2H. The van der Waals surface area contributed by atoms with E-state index in [2.05, 4.69) is 24.4 Å². The molecule has 0 saturated carbocycles. The molecule has 0 aromatic heterocycles. The number of isothiocyanates is 2. The van der Waals surface area contributed by atoms with Gasteiger partial charge in [0.2, 0.25) is 0 Å². The third-order valence-corrected chi connectivity index (χ3v) is 2.07. The van der Waals surface area contributed by atoms with E-state index in [-0.39, 0.29) is 5.78 Å². The Kier molecular flexibility index (Phi) is 10.4. The number of rotatable bonds is 2. The Morgan fingerprint density at radius 3 is 1.25 bits per heavy atom. The van der Waals surface area contributed by atoms with Gasteiger partial charge in [-0.2, -0.15) is 0 Å². The summed E-state index contributed by atoms with van der Waals surface area (Å²) in [4.78, 5) is 11.8. The van der Waals surface area contributed by atoms with Crippen molar-refractivity contribution in [1.29, 1.82) is 10.8 Å². The Hall–Kier alpha value is -2.29. The van der Waals surface area contributed by atoms with Crippen molar-refractivity contribution in [2.24, 2.45) is 0 Å². The first-order chi connectivity index (χ1) is 9.71. The van der Waals surface area contributed by atoms with E-state index in [1.54, 1.807) is 10.3 Å². The predicted molar refractivity (Wildman–Crippen MR) is 87.0 cm³/mol. The van der Waals surface area contributed by atoms with Crippen molar-refractivity contribution in [1.82, 2.24) is 0 Å². The number of hydrogen-bond acceptors (Lipinski definition) is 5. The van der Waals surface area contributed by atoms with Gasteiger partial charge in [0, 0.05) is 11.1 Å². The molecule has 2 N–H and O–H groups in total. The lowest BCUT2D eigenvalue weighted by atomic mass is 10.0. The highest BCUT2D eigenvalue weighted by Gasteiger charge is 2.06. The SMILES string of the molecule is N=C=S.N=C=S.O=C(c1ccccc1)c1ccccc1. The van der Waals surface area contributed by atoms with Gasteiger partial charge in [0.15, 0.2) is 5.78 Å². The van der Waals surface area contributed by atoms with E-state index in [4.69, 9.17) is 10.8 Å². The summed E-state index contributed by atoms with van der Waals surface area (Å²) in [6.07, 6.45) is 0. The van der Waals surface area contributed by atoms with Gasteiger partial charge in [-0.05, 0) is 24.4 Å². The van der Waals surface area contributed by atoms with Gasteiger partial charge >= 0.3 is 0 Å². The van der Waals surface area contributed by atoms with Crippen LogP contribution in [0.1, 0.15) is 15.9 Å². The summed E-state index contributed by atoms with van der Waals surface area (Å²) in [5.74, 6) is 0.0752. The van der Waals surface area contributed by atoms with Crippen LogP contribution in [-0.4, -0.2) is 16.1 Å². The van der Waals surface area contributed by atoms with Crippen molar-refractivity contribution in [3.63, 3.8) is 0 Å². The molecule has 0 bridgehead atoms. The fourth-order valence-electron chi connectivity index (χ4n) is 1.35. The van der Waals surface area contributed by atoms with Gasteiger partial charge in [-0.3, -0.25) is 4.79 Å². The lowest BCUT2D eigenvalue weighted by Gasteiger charge is -1.99.